The van der Waals surface area contributed by atoms with Gasteiger partial charge in [0.25, 0.3) is 5.91 Å². The number of hydrogen-bond acceptors (Lipinski definition) is 4. The fourth-order valence-electron chi connectivity index (χ4n) is 5.06. The molecule has 1 unspecified atom stereocenters. The number of benzene rings is 2. The third-order valence-corrected chi connectivity index (χ3v) is 6.87. The largest absolute Gasteiger partial charge is 0.343 e. The van der Waals surface area contributed by atoms with E-state index in [9.17, 15) is 14.4 Å². The van der Waals surface area contributed by atoms with E-state index in [1.54, 1.807) is 35.4 Å². The van der Waals surface area contributed by atoms with Crippen molar-refractivity contribution in [2.45, 2.75) is 18.9 Å². The van der Waals surface area contributed by atoms with Gasteiger partial charge in [-0.1, -0.05) is 42.5 Å². The molecule has 0 aliphatic carbocycles. The molecule has 172 valence electrons. The van der Waals surface area contributed by atoms with Gasteiger partial charge in [-0.05, 0) is 49.2 Å². The maximum atomic E-state index is 13.5. The van der Waals surface area contributed by atoms with Crippen LogP contribution in [0.25, 0.3) is 0 Å². The molecule has 7 heteroatoms. The van der Waals surface area contributed by atoms with Gasteiger partial charge in [-0.3, -0.25) is 19.4 Å². The lowest BCUT2D eigenvalue weighted by Gasteiger charge is -2.58. The molecule has 1 atom stereocenters. The van der Waals surface area contributed by atoms with Crippen molar-refractivity contribution in [2.75, 3.05) is 24.5 Å². The summed E-state index contributed by atoms with van der Waals surface area (Å²) < 4.78 is 0. The molecule has 3 aromatic rings. The number of rotatable bonds is 5. The molecule has 2 saturated heterocycles. The van der Waals surface area contributed by atoms with Crippen LogP contribution in [0.15, 0.2) is 85.1 Å². The van der Waals surface area contributed by atoms with Gasteiger partial charge in [0.1, 0.15) is 0 Å². The van der Waals surface area contributed by atoms with Crippen LogP contribution in [-0.2, 0) is 9.59 Å². The quantitative estimate of drug-likeness (QED) is 0.600. The highest BCUT2D eigenvalue weighted by Crippen LogP contribution is 2.56. The van der Waals surface area contributed by atoms with Crippen LogP contribution in [0.4, 0.5) is 5.69 Å². The summed E-state index contributed by atoms with van der Waals surface area (Å²) >= 11 is 0. The van der Waals surface area contributed by atoms with Crippen LogP contribution in [0.2, 0.25) is 0 Å². The van der Waals surface area contributed by atoms with Crippen LogP contribution in [0.5, 0.6) is 0 Å². The Morgan fingerprint density at radius 2 is 1.56 bits per heavy atom. The second kappa shape index (κ2) is 9.09. The van der Waals surface area contributed by atoms with E-state index in [1.807, 2.05) is 59.5 Å². The lowest BCUT2D eigenvalue weighted by molar-refractivity contribution is -0.149. The number of nitrogens with zero attached hydrogens (tertiary/aromatic N) is 3. The molecule has 7 nitrogen and oxygen atoms in total. The van der Waals surface area contributed by atoms with Gasteiger partial charge in [0.15, 0.2) is 0 Å². The van der Waals surface area contributed by atoms with Crippen molar-refractivity contribution in [3.8, 4) is 0 Å². The molecule has 2 aliphatic rings. The van der Waals surface area contributed by atoms with Crippen LogP contribution < -0.4 is 10.2 Å². The summed E-state index contributed by atoms with van der Waals surface area (Å²) in [6, 6.07) is 24.1. The molecule has 2 aromatic carbocycles. The van der Waals surface area contributed by atoms with Crippen LogP contribution >= 0.6 is 0 Å². The highest BCUT2D eigenvalue weighted by Gasteiger charge is 2.62. The zero-order chi connectivity index (χ0) is 23.5. The molecule has 0 radical (unpaired) electrons. The Morgan fingerprint density at radius 1 is 0.912 bits per heavy atom. The second-order valence-corrected chi connectivity index (χ2v) is 8.75. The number of aromatic nitrogens is 1. The summed E-state index contributed by atoms with van der Waals surface area (Å²) in [6.45, 7) is 0.879. The summed E-state index contributed by atoms with van der Waals surface area (Å²) in [6.07, 6.45) is 2.88. The highest BCUT2D eigenvalue weighted by molar-refractivity contribution is 6.06. The number of anilines is 1. The van der Waals surface area contributed by atoms with Gasteiger partial charge >= 0.3 is 0 Å². The first-order valence-corrected chi connectivity index (χ1v) is 11.5. The number of piperidine rings is 1. The number of β-lactam (4-membered cyclic amide) rings is 1. The molecule has 1 N–H and O–H groups in total. The Kier molecular flexibility index (Phi) is 5.84. The third kappa shape index (κ3) is 3.83. The van der Waals surface area contributed by atoms with Gasteiger partial charge in [-0.15, -0.1) is 0 Å². The van der Waals surface area contributed by atoms with Gasteiger partial charge in [0.2, 0.25) is 11.8 Å². The van der Waals surface area contributed by atoms with Crippen molar-refractivity contribution in [1.82, 2.24) is 15.2 Å². The second-order valence-electron chi connectivity index (χ2n) is 8.75. The zero-order valence-electron chi connectivity index (χ0n) is 18.8. The van der Waals surface area contributed by atoms with Gasteiger partial charge in [0.05, 0.1) is 23.7 Å². The lowest BCUT2D eigenvalue weighted by atomic mass is 9.63. The van der Waals surface area contributed by atoms with Gasteiger partial charge in [-0.2, -0.15) is 0 Å². The number of nitrogens with one attached hydrogen (secondary N) is 1. The van der Waals surface area contributed by atoms with E-state index in [-0.39, 0.29) is 30.3 Å². The van der Waals surface area contributed by atoms with Crippen molar-refractivity contribution in [1.29, 1.82) is 0 Å². The smallest absolute Gasteiger partial charge is 0.251 e. The topological polar surface area (TPSA) is 82.6 Å². The van der Waals surface area contributed by atoms with Gasteiger partial charge in [0, 0.05) is 30.5 Å². The maximum Gasteiger partial charge on any atom is 0.251 e. The van der Waals surface area contributed by atoms with Crippen molar-refractivity contribution in [3.05, 3.63) is 96.3 Å². The standard InChI is InChI=1S/C27H26N4O3/c32-23(19-29-25(33)20-9-3-1-4-10-20)30-17-14-27(15-18-30)24(22-13-7-8-16-28-22)31(26(27)34)21-11-5-2-6-12-21/h1-13,16,24H,14-15,17-19H2,(H,29,33). The number of likely N-dealkylation sites (tertiary alicyclic amines) is 1. The Morgan fingerprint density at radius 3 is 2.21 bits per heavy atom. The van der Waals surface area contributed by atoms with Crippen molar-refractivity contribution < 1.29 is 14.4 Å². The molecule has 0 saturated carbocycles. The summed E-state index contributed by atoms with van der Waals surface area (Å²) in [5.41, 5.74) is 1.66. The average Bonchev–Trinajstić information content (AvgIpc) is 2.91. The molecule has 2 fully saturated rings. The Labute approximate surface area is 198 Å². The number of carbonyl (C=O) groups is 3. The minimum atomic E-state index is -0.575. The fourth-order valence-corrected chi connectivity index (χ4v) is 5.06. The molecule has 1 spiro atoms. The van der Waals surface area contributed by atoms with Gasteiger partial charge in [-0.25, -0.2) is 0 Å². The predicted octanol–water partition coefficient (Wildman–Crippen LogP) is 3.21. The van der Waals surface area contributed by atoms with Gasteiger partial charge < -0.3 is 15.1 Å². The number of amides is 3. The van der Waals surface area contributed by atoms with E-state index in [4.69, 9.17) is 0 Å². The first-order chi connectivity index (χ1) is 16.6. The van der Waals surface area contributed by atoms with Crippen LogP contribution in [0.1, 0.15) is 34.9 Å². The number of hydrogen-bond donors (Lipinski definition) is 1. The number of pyridine rings is 1. The van der Waals surface area contributed by atoms with E-state index in [0.717, 1.165) is 11.4 Å². The summed E-state index contributed by atoms with van der Waals surface area (Å²) in [4.78, 5) is 46.7. The molecule has 1 aromatic heterocycles. The maximum absolute atomic E-state index is 13.5. The van der Waals surface area contributed by atoms with E-state index in [2.05, 4.69) is 10.3 Å². The van der Waals surface area contributed by atoms with E-state index in [1.165, 1.54) is 0 Å². The van der Waals surface area contributed by atoms with E-state index < -0.39 is 5.41 Å². The minimum absolute atomic E-state index is 0.0610. The molecule has 0 bridgehead atoms. The lowest BCUT2D eigenvalue weighted by Crippen LogP contribution is -2.67. The van der Waals surface area contributed by atoms with Crippen LogP contribution in [-0.4, -0.2) is 47.2 Å². The molecule has 34 heavy (non-hydrogen) atoms. The molecular formula is C27H26N4O3. The predicted molar refractivity (Wildman–Crippen MR) is 128 cm³/mol. The van der Waals surface area contributed by atoms with Crippen molar-refractivity contribution in [3.63, 3.8) is 0 Å². The average molecular weight is 455 g/mol. The zero-order valence-corrected chi connectivity index (χ0v) is 18.8. The molecular weight excluding hydrogens is 428 g/mol. The van der Waals surface area contributed by atoms with Crippen LogP contribution in [0, 0.1) is 5.41 Å². The summed E-state index contributed by atoms with van der Waals surface area (Å²) in [7, 11) is 0. The monoisotopic (exact) mass is 454 g/mol. The Balaban J connectivity index is 1.27. The third-order valence-electron chi connectivity index (χ3n) is 6.87. The molecule has 3 heterocycles. The Bertz CT molecular complexity index is 1180. The minimum Gasteiger partial charge on any atom is -0.343 e. The number of carbonyl (C=O) groups excluding carboxylic acids is 3. The Hall–Kier alpha value is -4.00. The van der Waals surface area contributed by atoms with Crippen molar-refractivity contribution >= 4 is 23.4 Å². The van der Waals surface area contributed by atoms with Crippen molar-refractivity contribution in [2.24, 2.45) is 5.41 Å². The normalized spacial score (nSPS) is 18.9. The first-order valence-electron chi connectivity index (χ1n) is 11.5. The SMILES string of the molecule is O=C(NCC(=O)N1CCC2(CC1)C(=O)N(c1ccccc1)C2c1ccccn1)c1ccccc1. The first kappa shape index (κ1) is 21.8. The van der Waals surface area contributed by atoms with E-state index in [0.29, 0.717) is 31.5 Å². The molecule has 3 amide bonds. The summed E-state index contributed by atoms with van der Waals surface area (Å²) in [5, 5.41) is 2.70. The molecule has 5 rings (SSSR count). The number of para-hydroxylation sites is 1. The van der Waals surface area contributed by atoms with E-state index >= 15 is 0 Å². The molecule has 2 aliphatic heterocycles. The fraction of sp³-hybridized carbons (Fsp3) is 0.259. The summed E-state index contributed by atoms with van der Waals surface area (Å²) in [5.74, 6) is -0.329. The highest BCUT2D eigenvalue weighted by atomic mass is 16.2. The van der Waals surface area contributed by atoms with Crippen LogP contribution in [0.3, 0.4) is 0 Å².